The van der Waals surface area contributed by atoms with E-state index in [4.69, 9.17) is 0 Å². The van der Waals surface area contributed by atoms with E-state index in [1.165, 1.54) is 12.1 Å². The Hall–Kier alpha value is -1.42. The lowest BCUT2D eigenvalue weighted by Crippen LogP contribution is -2.42. The number of halogens is 1. The predicted octanol–water partition coefficient (Wildman–Crippen LogP) is 1.74. The second-order valence-corrected chi connectivity index (χ2v) is 4.76. The smallest absolute Gasteiger partial charge is 0.222 e. The molecule has 0 radical (unpaired) electrons. The highest BCUT2D eigenvalue weighted by molar-refractivity contribution is 5.76. The predicted molar refractivity (Wildman–Crippen MR) is 66.5 cm³/mol. The first-order valence-corrected chi connectivity index (χ1v) is 6.35. The van der Waals surface area contributed by atoms with Gasteiger partial charge in [-0.05, 0) is 37.0 Å². The maximum Gasteiger partial charge on any atom is 0.222 e. The minimum absolute atomic E-state index is 0.0677. The quantitative estimate of drug-likeness (QED) is 0.889. The third-order valence-electron chi connectivity index (χ3n) is 3.29. The Kier molecular flexibility index (Phi) is 4.31. The van der Waals surface area contributed by atoms with Gasteiger partial charge in [0.25, 0.3) is 0 Å². The molecular weight excluding hydrogens is 233 g/mol. The summed E-state index contributed by atoms with van der Waals surface area (Å²) in [5.74, 6) is -0.192. The molecule has 0 spiro atoms. The number of β-amino-alcohol motifs (C(OH)–C–C–N with tert-alkyl or cyclic N) is 1. The van der Waals surface area contributed by atoms with Crippen LogP contribution in [0.5, 0.6) is 0 Å². The van der Waals surface area contributed by atoms with Gasteiger partial charge in [0.05, 0.1) is 6.10 Å². The van der Waals surface area contributed by atoms with E-state index < -0.39 is 0 Å². The van der Waals surface area contributed by atoms with Crippen molar-refractivity contribution in [2.24, 2.45) is 0 Å². The molecule has 18 heavy (non-hydrogen) atoms. The number of hydrogen-bond acceptors (Lipinski definition) is 2. The second kappa shape index (κ2) is 5.96. The molecule has 0 aromatic heterocycles. The molecule has 0 bridgehead atoms. The lowest BCUT2D eigenvalue weighted by atomic mass is 10.1. The van der Waals surface area contributed by atoms with Crippen LogP contribution < -0.4 is 0 Å². The number of aliphatic hydroxyl groups excluding tert-OH is 1. The molecule has 1 N–H and O–H groups in total. The van der Waals surface area contributed by atoms with Gasteiger partial charge in [0, 0.05) is 19.5 Å². The number of carbonyl (C=O) groups is 1. The van der Waals surface area contributed by atoms with E-state index in [2.05, 4.69) is 0 Å². The molecular formula is C14H18FNO2. The van der Waals surface area contributed by atoms with Gasteiger partial charge in [-0.3, -0.25) is 4.79 Å². The lowest BCUT2D eigenvalue weighted by molar-refractivity contribution is -0.134. The van der Waals surface area contributed by atoms with Crippen molar-refractivity contribution in [2.45, 2.75) is 31.8 Å². The van der Waals surface area contributed by atoms with Gasteiger partial charge < -0.3 is 10.0 Å². The largest absolute Gasteiger partial charge is 0.391 e. The Morgan fingerprint density at radius 3 is 2.78 bits per heavy atom. The monoisotopic (exact) mass is 251 g/mol. The summed E-state index contributed by atoms with van der Waals surface area (Å²) in [4.78, 5) is 13.6. The molecule has 1 amide bonds. The van der Waals surface area contributed by atoms with Crippen LogP contribution in [0.25, 0.3) is 0 Å². The van der Waals surface area contributed by atoms with Gasteiger partial charge in [-0.25, -0.2) is 4.39 Å². The third-order valence-corrected chi connectivity index (χ3v) is 3.29. The molecule has 1 aliphatic heterocycles. The normalized spacial score (nSPS) is 19.9. The van der Waals surface area contributed by atoms with Crippen LogP contribution >= 0.6 is 0 Å². The van der Waals surface area contributed by atoms with Crippen molar-refractivity contribution in [3.05, 3.63) is 35.6 Å². The maximum absolute atomic E-state index is 12.7. The van der Waals surface area contributed by atoms with Crippen molar-refractivity contribution in [2.75, 3.05) is 13.1 Å². The van der Waals surface area contributed by atoms with Crippen LogP contribution in [0.15, 0.2) is 24.3 Å². The molecule has 1 heterocycles. The first-order valence-electron chi connectivity index (χ1n) is 6.35. The highest BCUT2D eigenvalue weighted by Crippen LogP contribution is 2.12. The van der Waals surface area contributed by atoms with Crippen molar-refractivity contribution < 1.29 is 14.3 Å². The fourth-order valence-electron chi connectivity index (χ4n) is 2.24. The average Bonchev–Trinajstić information content (AvgIpc) is 2.38. The number of carbonyl (C=O) groups excluding carboxylic acids is 1. The van der Waals surface area contributed by atoms with Crippen LogP contribution in [0.2, 0.25) is 0 Å². The number of piperidine rings is 1. The number of benzene rings is 1. The van der Waals surface area contributed by atoms with Gasteiger partial charge in [-0.15, -0.1) is 0 Å². The van der Waals surface area contributed by atoms with Gasteiger partial charge in [-0.2, -0.15) is 0 Å². The molecule has 0 aliphatic carbocycles. The Labute approximate surface area is 106 Å². The molecule has 1 aromatic rings. The molecule has 1 aliphatic rings. The average molecular weight is 251 g/mol. The molecule has 0 unspecified atom stereocenters. The molecule has 2 rings (SSSR count). The van der Waals surface area contributed by atoms with Crippen LogP contribution in [0.1, 0.15) is 24.8 Å². The number of nitrogens with zero attached hydrogens (tertiary/aromatic N) is 1. The molecule has 1 aromatic carbocycles. The van der Waals surface area contributed by atoms with Crippen molar-refractivity contribution in [3.63, 3.8) is 0 Å². The molecule has 3 nitrogen and oxygen atoms in total. The molecule has 0 saturated carbocycles. The van der Waals surface area contributed by atoms with E-state index in [-0.39, 0.29) is 17.8 Å². The maximum atomic E-state index is 12.7. The van der Waals surface area contributed by atoms with Crippen LogP contribution in [-0.4, -0.2) is 35.1 Å². The summed E-state index contributed by atoms with van der Waals surface area (Å²) in [5.41, 5.74) is 0.960. The zero-order chi connectivity index (χ0) is 13.0. The molecule has 98 valence electrons. The van der Waals surface area contributed by atoms with Crippen LogP contribution in [0, 0.1) is 5.82 Å². The Morgan fingerprint density at radius 2 is 2.11 bits per heavy atom. The zero-order valence-corrected chi connectivity index (χ0v) is 10.3. The minimum Gasteiger partial charge on any atom is -0.391 e. The summed E-state index contributed by atoms with van der Waals surface area (Å²) in [6, 6.07) is 6.22. The fraction of sp³-hybridized carbons (Fsp3) is 0.500. The first-order chi connectivity index (χ1) is 8.65. The lowest BCUT2D eigenvalue weighted by Gasteiger charge is -2.30. The SMILES string of the molecule is O=C(CCc1ccc(F)cc1)N1CCC[C@H](O)C1. The van der Waals surface area contributed by atoms with E-state index in [1.54, 1.807) is 17.0 Å². The van der Waals surface area contributed by atoms with Crippen molar-refractivity contribution >= 4 is 5.91 Å². The highest BCUT2D eigenvalue weighted by atomic mass is 19.1. The summed E-state index contributed by atoms with van der Waals surface area (Å²) in [7, 11) is 0. The fourth-order valence-corrected chi connectivity index (χ4v) is 2.24. The second-order valence-electron chi connectivity index (χ2n) is 4.76. The van der Waals surface area contributed by atoms with E-state index in [0.29, 0.717) is 19.4 Å². The summed E-state index contributed by atoms with van der Waals surface area (Å²) in [5, 5.41) is 9.51. The van der Waals surface area contributed by atoms with Crippen molar-refractivity contribution in [1.29, 1.82) is 0 Å². The Morgan fingerprint density at radius 1 is 1.39 bits per heavy atom. The highest BCUT2D eigenvalue weighted by Gasteiger charge is 2.21. The van der Waals surface area contributed by atoms with Gasteiger partial charge >= 0.3 is 0 Å². The number of rotatable bonds is 3. The molecule has 4 heteroatoms. The number of likely N-dealkylation sites (tertiary alicyclic amines) is 1. The van der Waals surface area contributed by atoms with Crippen molar-refractivity contribution in [1.82, 2.24) is 4.90 Å². The van der Waals surface area contributed by atoms with Gasteiger partial charge in [-0.1, -0.05) is 12.1 Å². The van der Waals surface area contributed by atoms with Crippen LogP contribution in [0.3, 0.4) is 0 Å². The molecule has 1 saturated heterocycles. The summed E-state index contributed by atoms with van der Waals surface area (Å²) >= 11 is 0. The summed E-state index contributed by atoms with van der Waals surface area (Å²) in [6.45, 7) is 1.18. The molecule has 1 fully saturated rings. The standard InChI is InChI=1S/C14H18FNO2/c15-12-6-3-11(4-7-12)5-8-14(18)16-9-1-2-13(17)10-16/h3-4,6-7,13,17H,1-2,5,8-10H2/t13-/m0/s1. The minimum atomic E-state index is -0.381. The van der Waals surface area contributed by atoms with E-state index >= 15 is 0 Å². The van der Waals surface area contributed by atoms with Crippen molar-refractivity contribution in [3.8, 4) is 0 Å². The zero-order valence-electron chi connectivity index (χ0n) is 10.3. The van der Waals surface area contributed by atoms with Crippen LogP contribution in [-0.2, 0) is 11.2 Å². The van der Waals surface area contributed by atoms with Crippen LogP contribution in [0.4, 0.5) is 4.39 Å². The summed E-state index contributed by atoms with van der Waals surface area (Å²) < 4.78 is 12.7. The third kappa shape index (κ3) is 3.53. The van der Waals surface area contributed by atoms with E-state index in [9.17, 15) is 14.3 Å². The van der Waals surface area contributed by atoms with E-state index in [0.717, 1.165) is 24.9 Å². The first kappa shape index (κ1) is 13.0. The Bertz CT molecular complexity index is 405. The van der Waals surface area contributed by atoms with Gasteiger partial charge in [0.15, 0.2) is 0 Å². The van der Waals surface area contributed by atoms with E-state index in [1.807, 2.05) is 0 Å². The number of aliphatic hydroxyl groups is 1. The number of amides is 1. The summed E-state index contributed by atoms with van der Waals surface area (Å²) in [6.07, 6.45) is 2.29. The number of aryl methyl sites for hydroxylation is 1. The Balaban J connectivity index is 1.82. The van der Waals surface area contributed by atoms with Gasteiger partial charge in [0.2, 0.25) is 5.91 Å². The number of hydrogen-bond donors (Lipinski definition) is 1. The molecule has 1 atom stereocenters. The topological polar surface area (TPSA) is 40.5 Å². The van der Waals surface area contributed by atoms with Gasteiger partial charge in [0.1, 0.15) is 5.82 Å².